The van der Waals surface area contributed by atoms with Gasteiger partial charge in [0.2, 0.25) is 5.91 Å². The second-order valence-electron chi connectivity index (χ2n) is 5.42. The summed E-state index contributed by atoms with van der Waals surface area (Å²) in [5.74, 6) is 0.392. The summed E-state index contributed by atoms with van der Waals surface area (Å²) in [6.45, 7) is 1.89. The van der Waals surface area contributed by atoms with E-state index in [-0.39, 0.29) is 11.8 Å². The molecule has 1 amide bonds. The van der Waals surface area contributed by atoms with Crippen LogP contribution in [0, 0.1) is 5.92 Å². The molecule has 3 heteroatoms. The standard InChI is InChI=1S/C17H20N2O/c1-19(17(20)14-9-11-18-12-10-14)16-8-4-6-13-5-2-3-7-15(13)16/h2-8,14,18H,9-12H2,1H3. The van der Waals surface area contributed by atoms with Crippen molar-refractivity contribution in [2.24, 2.45) is 5.92 Å². The van der Waals surface area contributed by atoms with Crippen molar-refractivity contribution in [3.63, 3.8) is 0 Å². The van der Waals surface area contributed by atoms with E-state index >= 15 is 0 Å². The van der Waals surface area contributed by atoms with E-state index in [1.54, 1.807) is 0 Å². The number of anilines is 1. The average molecular weight is 268 g/mol. The highest BCUT2D eigenvalue weighted by Crippen LogP contribution is 2.28. The Bertz CT molecular complexity index is 612. The van der Waals surface area contributed by atoms with Gasteiger partial charge in [-0.15, -0.1) is 0 Å². The average Bonchev–Trinajstić information content (AvgIpc) is 2.54. The Kier molecular flexibility index (Phi) is 3.70. The molecule has 0 aliphatic carbocycles. The fourth-order valence-corrected chi connectivity index (χ4v) is 2.96. The van der Waals surface area contributed by atoms with E-state index in [1.165, 1.54) is 5.39 Å². The SMILES string of the molecule is CN(C(=O)C1CCNCC1)c1cccc2ccccc12. The maximum absolute atomic E-state index is 12.6. The van der Waals surface area contributed by atoms with Crippen LogP contribution < -0.4 is 10.2 Å². The number of hydrogen-bond acceptors (Lipinski definition) is 2. The Hall–Kier alpha value is -1.87. The van der Waals surface area contributed by atoms with E-state index in [1.807, 2.05) is 36.2 Å². The zero-order valence-corrected chi connectivity index (χ0v) is 11.8. The summed E-state index contributed by atoms with van der Waals surface area (Å²) >= 11 is 0. The Morgan fingerprint density at radius 1 is 1.10 bits per heavy atom. The minimum atomic E-state index is 0.153. The summed E-state index contributed by atoms with van der Waals surface area (Å²) in [6, 6.07) is 14.3. The molecule has 0 bridgehead atoms. The molecular weight excluding hydrogens is 248 g/mol. The molecule has 1 aliphatic rings. The largest absolute Gasteiger partial charge is 0.317 e. The lowest BCUT2D eigenvalue weighted by molar-refractivity contribution is -0.122. The van der Waals surface area contributed by atoms with Crippen molar-refractivity contribution in [2.45, 2.75) is 12.8 Å². The van der Waals surface area contributed by atoms with Gasteiger partial charge in [-0.05, 0) is 37.4 Å². The van der Waals surface area contributed by atoms with Gasteiger partial charge in [-0.3, -0.25) is 4.79 Å². The molecule has 1 aliphatic heterocycles. The van der Waals surface area contributed by atoms with Crippen LogP contribution in [0.1, 0.15) is 12.8 Å². The number of hydrogen-bond donors (Lipinski definition) is 1. The number of fused-ring (bicyclic) bond motifs is 1. The number of piperidine rings is 1. The number of nitrogens with zero attached hydrogens (tertiary/aromatic N) is 1. The Balaban J connectivity index is 1.91. The monoisotopic (exact) mass is 268 g/mol. The van der Waals surface area contributed by atoms with Crippen LogP contribution in [0.5, 0.6) is 0 Å². The molecule has 1 N–H and O–H groups in total. The number of carbonyl (C=O) groups excluding carboxylic acids is 1. The Morgan fingerprint density at radius 2 is 1.80 bits per heavy atom. The van der Waals surface area contributed by atoms with E-state index in [0.29, 0.717) is 0 Å². The van der Waals surface area contributed by atoms with Gasteiger partial charge < -0.3 is 10.2 Å². The third-order valence-electron chi connectivity index (χ3n) is 4.15. The summed E-state index contributed by atoms with van der Waals surface area (Å²) in [5.41, 5.74) is 1.01. The van der Waals surface area contributed by atoms with Gasteiger partial charge in [0, 0.05) is 18.4 Å². The highest BCUT2D eigenvalue weighted by Gasteiger charge is 2.25. The molecule has 0 aromatic heterocycles. The van der Waals surface area contributed by atoms with E-state index < -0.39 is 0 Å². The van der Waals surface area contributed by atoms with Crippen molar-refractivity contribution in [3.05, 3.63) is 42.5 Å². The quantitative estimate of drug-likeness (QED) is 0.908. The molecule has 0 saturated carbocycles. The van der Waals surface area contributed by atoms with E-state index in [9.17, 15) is 4.79 Å². The molecule has 104 valence electrons. The minimum absolute atomic E-state index is 0.153. The Labute approximate surface area is 119 Å². The molecule has 20 heavy (non-hydrogen) atoms. The van der Waals surface area contributed by atoms with Crippen molar-refractivity contribution in [1.29, 1.82) is 0 Å². The van der Waals surface area contributed by atoms with Gasteiger partial charge in [0.25, 0.3) is 0 Å². The van der Waals surface area contributed by atoms with Crippen LogP contribution >= 0.6 is 0 Å². The summed E-state index contributed by atoms with van der Waals surface area (Å²) < 4.78 is 0. The van der Waals surface area contributed by atoms with Crippen molar-refractivity contribution in [1.82, 2.24) is 5.32 Å². The van der Waals surface area contributed by atoms with Crippen LogP contribution in [0.4, 0.5) is 5.69 Å². The van der Waals surface area contributed by atoms with Crippen LogP contribution in [0.2, 0.25) is 0 Å². The number of benzene rings is 2. The number of amides is 1. The summed E-state index contributed by atoms with van der Waals surface area (Å²) in [6.07, 6.45) is 1.88. The lowest BCUT2D eigenvalue weighted by atomic mass is 9.96. The van der Waals surface area contributed by atoms with Crippen molar-refractivity contribution < 1.29 is 4.79 Å². The number of nitrogens with one attached hydrogen (secondary N) is 1. The molecule has 1 heterocycles. The van der Waals surface area contributed by atoms with Crippen LogP contribution in [-0.2, 0) is 4.79 Å². The zero-order chi connectivity index (χ0) is 13.9. The van der Waals surface area contributed by atoms with Crippen molar-refractivity contribution in [2.75, 3.05) is 25.0 Å². The fourth-order valence-electron chi connectivity index (χ4n) is 2.96. The van der Waals surface area contributed by atoms with Crippen molar-refractivity contribution >= 4 is 22.4 Å². The molecule has 2 aromatic carbocycles. The highest BCUT2D eigenvalue weighted by atomic mass is 16.2. The molecule has 0 spiro atoms. The maximum atomic E-state index is 12.6. The normalized spacial score (nSPS) is 16.2. The molecule has 0 unspecified atom stereocenters. The van der Waals surface area contributed by atoms with Crippen LogP contribution in [0.3, 0.4) is 0 Å². The van der Waals surface area contributed by atoms with Gasteiger partial charge >= 0.3 is 0 Å². The first-order chi connectivity index (χ1) is 9.77. The third-order valence-corrected chi connectivity index (χ3v) is 4.15. The topological polar surface area (TPSA) is 32.3 Å². The smallest absolute Gasteiger partial charge is 0.229 e. The summed E-state index contributed by atoms with van der Waals surface area (Å²) in [5, 5.41) is 5.62. The van der Waals surface area contributed by atoms with Gasteiger partial charge in [-0.2, -0.15) is 0 Å². The second kappa shape index (κ2) is 5.63. The lowest BCUT2D eigenvalue weighted by Crippen LogP contribution is -2.39. The molecule has 3 rings (SSSR count). The number of rotatable bonds is 2. The van der Waals surface area contributed by atoms with E-state index in [4.69, 9.17) is 0 Å². The lowest BCUT2D eigenvalue weighted by Gasteiger charge is -2.27. The summed E-state index contributed by atoms with van der Waals surface area (Å²) in [7, 11) is 1.89. The van der Waals surface area contributed by atoms with Gasteiger partial charge in [0.1, 0.15) is 0 Å². The first-order valence-corrected chi connectivity index (χ1v) is 7.23. The van der Waals surface area contributed by atoms with Crippen LogP contribution in [-0.4, -0.2) is 26.0 Å². The Morgan fingerprint density at radius 3 is 2.60 bits per heavy atom. The van der Waals surface area contributed by atoms with E-state index in [0.717, 1.165) is 37.0 Å². The molecule has 1 saturated heterocycles. The first-order valence-electron chi connectivity index (χ1n) is 7.23. The van der Waals surface area contributed by atoms with Crippen LogP contribution in [0.15, 0.2) is 42.5 Å². The highest BCUT2D eigenvalue weighted by molar-refractivity contribution is 6.04. The molecule has 0 radical (unpaired) electrons. The molecular formula is C17H20N2O. The fraction of sp³-hybridized carbons (Fsp3) is 0.353. The molecule has 0 atom stereocenters. The van der Waals surface area contributed by atoms with Gasteiger partial charge in [0.05, 0.1) is 5.69 Å². The van der Waals surface area contributed by atoms with E-state index in [2.05, 4.69) is 23.5 Å². The first kappa shape index (κ1) is 13.1. The second-order valence-corrected chi connectivity index (χ2v) is 5.42. The molecule has 2 aromatic rings. The predicted molar refractivity (Wildman–Crippen MR) is 83.0 cm³/mol. The molecule has 3 nitrogen and oxygen atoms in total. The number of carbonyl (C=O) groups is 1. The van der Waals surface area contributed by atoms with Crippen LogP contribution in [0.25, 0.3) is 10.8 Å². The van der Waals surface area contributed by atoms with Gasteiger partial charge in [-0.25, -0.2) is 0 Å². The van der Waals surface area contributed by atoms with Gasteiger partial charge in [0.15, 0.2) is 0 Å². The van der Waals surface area contributed by atoms with Crippen molar-refractivity contribution in [3.8, 4) is 0 Å². The summed E-state index contributed by atoms with van der Waals surface area (Å²) in [4.78, 5) is 14.5. The maximum Gasteiger partial charge on any atom is 0.229 e. The predicted octanol–water partition coefficient (Wildman–Crippen LogP) is 2.80. The zero-order valence-electron chi connectivity index (χ0n) is 11.8. The van der Waals surface area contributed by atoms with Gasteiger partial charge in [-0.1, -0.05) is 36.4 Å². The minimum Gasteiger partial charge on any atom is -0.317 e. The third kappa shape index (κ3) is 2.41. The molecule has 1 fully saturated rings.